The molecule has 5 heteroatoms. The number of thiol groups is 1. The van der Waals surface area contributed by atoms with Crippen LogP contribution in [0.3, 0.4) is 0 Å². The predicted molar refractivity (Wildman–Crippen MR) is 56.8 cm³/mol. The maximum Gasteiger partial charge on any atom is 0.221 e. The highest BCUT2D eigenvalue weighted by Crippen LogP contribution is 2.10. The molecule has 1 aromatic heterocycles. The average molecular weight is 214 g/mol. The van der Waals surface area contributed by atoms with Crippen molar-refractivity contribution < 1.29 is 0 Å². The predicted octanol–water partition coefficient (Wildman–Crippen LogP) is 1.38. The molecule has 0 amide bonds. The summed E-state index contributed by atoms with van der Waals surface area (Å²) in [7, 11) is 0. The van der Waals surface area contributed by atoms with Gasteiger partial charge in [-0.2, -0.15) is 17.6 Å². The smallest absolute Gasteiger partial charge is 0.221 e. The number of hydrogen-bond donors (Lipinski definition) is 2. The van der Waals surface area contributed by atoms with E-state index < -0.39 is 0 Å². The minimum Gasteiger partial charge on any atom is -0.368 e. The first-order valence-corrected chi connectivity index (χ1v) is 4.63. The number of halogens is 1. The van der Waals surface area contributed by atoms with Crippen molar-refractivity contribution in [3.8, 4) is 11.8 Å². The molecular formula is C8H8ClN3S. The summed E-state index contributed by atoms with van der Waals surface area (Å²) in [5.41, 5.74) is 5.91. The third-order valence-corrected chi connectivity index (χ3v) is 1.73. The molecule has 0 unspecified atom stereocenters. The molecule has 1 aromatic rings. The van der Waals surface area contributed by atoms with Gasteiger partial charge in [-0.1, -0.05) is 23.4 Å². The van der Waals surface area contributed by atoms with Crippen molar-refractivity contribution >= 4 is 30.2 Å². The normalized spacial score (nSPS) is 9.08. The summed E-state index contributed by atoms with van der Waals surface area (Å²) in [6, 6.07) is 0. The third-order valence-electron chi connectivity index (χ3n) is 1.22. The van der Waals surface area contributed by atoms with Gasteiger partial charge in [0, 0.05) is 18.4 Å². The van der Waals surface area contributed by atoms with E-state index in [0.29, 0.717) is 17.1 Å². The second-order valence-electron chi connectivity index (χ2n) is 2.21. The summed E-state index contributed by atoms with van der Waals surface area (Å²) in [5.74, 6) is 6.59. The maximum atomic E-state index is 5.76. The Morgan fingerprint density at radius 2 is 2.38 bits per heavy atom. The quantitative estimate of drug-likeness (QED) is 0.421. The lowest BCUT2D eigenvalue weighted by Crippen LogP contribution is -1.95. The standard InChI is InChI=1S/C8H8ClN3S/c9-7-6(3-1-2-4-13)5-11-8(10)12-7/h5,13H,2,4H2,(H2,10,11,12). The van der Waals surface area contributed by atoms with Crippen LogP contribution in [0.1, 0.15) is 12.0 Å². The van der Waals surface area contributed by atoms with Crippen LogP contribution in [0.15, 0.2) is 6.20 Å². The first kappa shape index (κ1) is 10.2. The molecule has 2 N–H and O–H groups in total. The topological polar surface area (TPSA) is 51.8 Å². The molecule has 0 fully saturated rings. The molecule has 0 aliphatic heterocycles. The lowest BCUT2D eigenvalue weighted by molar-refractivity contribution is 1.17. The Morgan fingerprint density at radius 3 is 3.00 bits per heavy atom. The van der Waals surface area contributed by atoms with Crippen LogP contribution in [0, 0.1) is 11.8 Å². The summed E-state index contributed by atoms with van der Waals surface area (Å²) in [6.07, 6.45) is 2.22. The summed E-state index contributed by atoms with van der Waals surface area (Å²) in [6.45, 7) is 0. The zero-order valence-electron chi connectivity index (χ0n) is 6.79. The lowest BCUT2D eigenvalue weighted by atomic mass is 10.3. The maximum absolute atomic E-state index is 5.76. The van der Waals surface area contributed by atoms with Gasteiger partial charge in [-0.15, -0.1) is 0 Å². The highest BCUT2D eigenvalue weighted by molar-refractivity contribution is 7.80. The Hall–Kier alpha value is -0.920. The highest BCUT2D eigenvalue weighted by atomic mass is 35.5. The fourth-order valence-corrected chi connectivity index (χ4v) is 0.966. The van der Waals surface area contributed by atoms with Crippen molar-refractivity contribution in [3.05, 3.63) is 16.9 Å². The van der Waals surface area contributed by atoms with Crippen LogP contribution in [-0.4, -0.2) is 15.7 Å². The van der Waals surface area contributed by atoms with E-state index >= 15 is 0 Å². The number of nitrogen functional groups attached to an aromatic ring is 1. The largest absolute Gasteiger partial charge is 0.368 e. The second kappa shape index (κ2) is 4.95. The average Bonchev–Trinajstić information content (AvgIpc) is 2.09. The van der Waals surface area contributed by atoms with E-state index in [9.17, 15) is 0 Å². The summed E-state index contributed by atoms with van der Waals surface area (Å²) in [5, 5.41) is 0.291. The molecule has 3 nitrogen and oxygen atoms in total. The van der Waals surface area contributed by atoms with Crippen LogP contribution in [-0.2, 0) is 0 Å². The highest BCUT2D eigenvalue weighted by Gasteiger charge is 1.98. The van der Waals surface area contributed by atoms with E-state index in [1.165, 1.54) is 6.20 Å². The van der Waals surface area contributed by atoms with Crippen molar-refractivity contribution in [3.63, 3.8) is 0 Å². The van der Waals surface area contributed by atoms with E-state index in [0.717, 1.165) is 5.75 Å². The van der Waals surface area contributed by atoms with E-state index in [4.69, 9.17) is 17.3 Å². The second-order valence-corrected chi connectivity index (χ2v) is 3.01. The van der Waals surface area contributed by atoms with Crippen LogP contribution >= 0.6 is 24.2 Å². The monoisotopic (exact) mass is 213 g/mol. The lowest BCUT2D eigenvalue weighted by Gasteiger charge is -1.94. The number of rotatable bonds is 1. The first-order valence-electron chi connectivity index (χ1n) is 3.62. The SMILES string of the molecule is Nc1ncc(C#CCCS)c(Cl)n1. The number of aromatic nitrogens is 2. The Bertz CT molecular complexity index is 356. The van der Waals surface area contributed by atoms with Gasteiger partial charge in [0.05, 0.1) is 5.56 Å². The van der Waals surface area contributed by atoms with Gasteiger partial charge < -0.3 is 5.73 Å². The fraction of sp³-hybridized carbons (Fsp3) is 0.250. The van der Waals surface area contributed by atoms with Crippen LogP contribution in [0.25, 0.3) is 0 Å². The van der Waals surface area contributed by atoms with Crippen LogP contribution in [0.2, 0.25) is 5.15 Å². The van der Waals surface area contributed by atoms with Gasteiger partial charge in [0.25, 0.3) is 0 Å². The molecule has 0 bridgehead atoms. The molecule has 1 heterocycles. The zero-order valence-corrected chi connectivity index (χ0v) is 8.44. The Morgan fingerprint density at radius 1 is 1.62 bits per heavy atom. The molecule has 0 aliphatic carbocycles. The van der Waals surface area contributed by atoms with Crippen LogP contribution in [0.5, 0.6) is 0 Å². The fourth-order valence-electron chi connectivity index (χ4n) is 0.671. The number of anilines is 1. The molecule has 0 aliphatic rings. The Labute approximate surface area is 87.1 Å². The summed E-state index contributed by atoms with van der Waals surface area (Å²) >= 11 is 9.78. The summed E-state index contributed by atoms with van der Waals surface area (Å²) in [4.78, 5) is 7.54. The number of hydrogen-bond acceptors (Lipinski definition) is 4. The minimum absolute atomic E-state index is 0.157. The summed E-state index contributed by atoms with van der Waals surface area (Å²) < 4.78 is 0. The molecule has 0 radical (unpaired) electrons. The molecule has 0 spiro atoms. The molecule has 0 aromatic carbocycles. The van der Waals surface area contributed by atoms with Crippen molar-refractivity contribution in [2.45, 2.75) is 6.42 Å². The van der Waals surface area contributed by atoms with Gasteiger partial charge in [0.1, 0.15) is 5.15 Å². The van der Waals surface area contributed by atoms with E-state index in [1.54, 1.807) is 0 Å². The third kappa shape index (κ3) is 3.13. The van der Waals surface area contributed by atoms with Crippen LogP contribution in [0.4, 0.5) is 5.95 Å². The van der Waals surface area contributed by atoms with Gasteiger partial charge >= 0.3 is 0 Å². The van der Waals surface area contributed by atoms with Gasteiger partial charge in [0.15, 0.2) is 0 Å². The van der Waals surface area contributed by atoms with Gasteiger partial charge in [-0.05, 0) is 0 Å². The number of nitrogens with two attached hydrogens (primary N) is 1. The van der Waals surface area contributed by atoms with Crippen molar-refractivity contribution in [1.29, 1.82) is 0 Å². The van der Waals surface area contributed by atoms with Crippen LogP contribution < -0.4 is 5.73 Å². The molecular weight excluding hydrogens is 206 g/mol. The number of nitrogens with zero attached hydrogens (tertiary/aromatic N) is 2. The van der Waals surface area contributed by atoms with Crippen molar-refractivity contribution in [2.75, 3.05) is 11.5 Å². The molecule has 68 valence electrons. The zero-order chi connectivity index (χ0) is 9.68. The molecule has 13 heavy (non-hydrogen) atoms. The van der Waals surface area contributed by atoms with Crippen molar-refractivity contribution in [1.82, 2.24) is 9.97 Å². The first-order chi connectivity index (χ1) is 6.24. The van der Waals surface area contributed by atoms with E-state index in [1.807, 2.05) is 0 Å². The van der Waals surface area contributed by atoms with Gasteiger partial charge in [0.2, 0.25) is 5.95 Å². The molecule has 0 atom stereocenters. The molecule has 1 rings (SSSR count). The minimum atomic E-state index is 0.157. The Kier molecular flexibility index (Phi) is 3.87. The van der Waals surface area contributed by atoms with Gasteiger partial charge in [-0.3, -0.25) is 0 Å². The van der Waals surface area contributed by atoms with E-state index in [-0.39, 0.29) is 5.95 Å². The van der Waals surface area contributed by atoms with E-state index in [2.05, 4.69) is 34.4 Å². The Balaban J connectivity index is 2.85. The van der Waals surface area contributed by atoms with Gasteiger partial charge in [-0.25, -0.2) is 4.98 Å². The molecule has 0 saturated carbocycles. The molecule has 0 saturated heterocycles. The van der Waals surface area contributed by atoms with Crippen molar-refractivity contribution in [2.24, 2.45) is 0 Å².